The third-order valence-corrected chi connectivity index (χ3v) is 3.13. The van der Waals surface area contributed by atoms with Gasteiger partial charge < -0.3 is 20.1 Å². The summed E-state index contributed by atoms with van der Waals surface area (Å²) in [6.45, 7) is 2.09. The van der Waals surface area contributed by atoms with Crippen molar-refractivity contribution in [2.75, 3.05) is 26.8 Å². The number of rotatable bonds is 6. The maximum Gasteiger partial charge on any atom is 0.220 e. The van der Waals surface area contributed by atoms with Crippen molar-refractivity contribution < 1.29 is 14.3 Å². The van der Waals surface area contributed by atoms with Gasteiger partial charge >= 0.3 is 0 Å². The van der Waals surface area contributed by atoms with Crippen LogP contribution in [0.1, 0.15) is 12.8 Å². The first-order valence-corrected chi connectivity index (χ1v) is 6.55. The second-order valence-electron chi connectivity index (χ2n) is 4.52. The minimum Gasteiger partial charge on any atom is -0.497 e. The van der Waals surface area contributed by atoms with Gasteiger partial charge in [0.05, 0.1) is 7.11 Å². The van der Waals surface area contributed by atoms with Crippen molar-refractivity contribution in [3.05, 3.63) is 24.3 Å². The van der Waals surface area contributed by atoms with Crippen LogP contribution < -0.4 is 20.1 Å². The summed E-state index contributed by atoms with van der Waals surface area (Å²) < 4.78 is 10.7. The molecule has 1 aromatic rings. The van der Waals surface area contributed by atoms with E-state index in [-0.39, 0.29) is 5.91 Å². The van der Waals surface area contributed by atoms with Gasteiger partial charge in [-0.15, -0.1) is 0 Å². The number of carbonyl (C=O) groups excluding carboxylic acids is 1. The van der Waals surface area contributed by atoms with E-state index in [0.29, 0.717) is 25.6 Å². The zero-order chi connectivity index (χ0) is 13.5. The Balaban J connectivity index is 1.62. The van der Waals surface area contributed by atoms with Gasteiger partial charge in [-0.2, -0.15) is 0 Å². The van der Waals surface area contributed by atoms with Gasteiger partial charge in [0.25, 0.3) is 0 Å². The van der Waals surface area contributed by atoms with Crippen LogP contribution in [0.5, 0.6) is 11.5 Å². The normalized spacial score (nSPS) is 18.8. The Hall–Kier alpha value is -1.75. The number of methoxy groups -OCH3 is 1. The molecular weight excluding hydrogens is 244 g/mol. The minimum absolute atomic E-state index is 0.146. The third kappa shape index (κ3) is 4.44. The maximum absolute atomic E-state index is 11.0. The fraction of sp³-hybridized carbons (Fsp3) is 0.500. The van der Waals surface area contributed by atoms with Crippen LogP contribution in [0.4, 0.5) is 0 Å². The predicted molar refractivity (Wildman–Crippen MR) is 72.5 cm³/mol. The molecule has 1 aliphatic rings. The molecular formula is C14H20N2O3. The lowest BCUT2D eigenvalue weighted by Crippen LogP contribution is -2.46. The standard InChI is InChI=1S/C14H20N2O3/c1-18-12-3-5-13(6-4-12)19-9-8-15-11-2-7-14(17)16-10-11/h3-6,11,15H,2,7-10H2,1H3,(H,16,17). The lowest BCUT2D eigenvalue weighted by atomic mass is 10.1. The first kappa shape index (κ1) is 13.7. The minimum atomic E-state index is 0.146. The number of piperidine rings is 1. The summed E-state index contributed by atoms with van der Waals surface area (Å²) in [4.78, 5) is 11.0. The average molecular weight is 264 g/mol. The molecule has 5 nitrogen and oxygen atoms in total. The zero-order valence-corrected chi connectivity index (χ0v) is 11.1. The summed E-state index contributed by atoms with van der Waals surface area (Å²) in [6.07, 6.45) is 1.51. The Morgan fingerprint density at radius 2 is 2.05 bits per heavy atom. The van der Waals surface area contributed by atoms with Gasteiger partial charge in [-0.25, -0.2) is 0 Å². The molecule has 0 radical (unpaired) electrons. The molecule has 1 saturated heterocycles. The van der Waals surface area contributed by atoms with Gasteiger partial charge in [0.1, 0.15) is 18.1 Å². The van der Waals surface area contributed by atoms with Crippen LogP contribution in [0.3, 0.4) is 0 Å². The van der Waals surface area contributed by atoms with E-state index >= 15 is 0 Å². The topological polar surface area (TPSA) is 59.6 Å². The molecule has 2 N–H and O–H groups in total. The van der Waals surface area contributed by atoms with Crippen LogP contribution in [-0.4, -0.2) is 38.8 Å². The number of ether oxygens (including phenoxy) is 2. The first-order valence-electron chi connectivity index (χ1n) is 6.55. The molecule has 0 spiro atoms. The Bertz CT molecular complexity index is 396. The molecule has 2 rings (SSSR count). The summed E-state index contributed by atoms with van der Waals surface area (Å²) in [6, 6.07) is 7.88. The summed E-state index contributed by atoms with van der Waals surface area (Å²) in [5, 5.41) is 6.22. The Morgan fingerprint density at radius 1 is 1.32 bits per heavy atom. The molecule has 5 heteroatoms. The highest BCUT2D eigenvalue weighted by molar-refractivity contribution is 5.76. The molecule has 1 heterocycles. The molecule has 1 atom stereocenters. The Labute approximate surface area is 113 Å². The van der Waals surface area contributed by atoms with Gasteiger partial charge in [-0.3, -0.25) is 4.79 Å². The number of hydrogen-bond acceptors (Lipinski definition) is 4. The molecule has 1 aromatic carbocycles. The van der Waals surface area contributed by atoms with E-state index in [2.05, 4.69) is 10.6 Å². The van der Waals surface area contributed by atoms with Crippen LogP contribution in [-0.2, 0) is 4.79 Å². The van der Waals surface area contributed by atoms with Crippen LogP contribution >= 0.6 is 0 Å². The number of hydrogen-bond donors (Lipinski definition) is 2. The lowest BCUT2D eigenvalue weighted by Gasteiger charge is -2.23. The van der Waals surface area contributed by atoms with Gasteiger partial charge in [-0.1, -0.05) is 0 Å². The second kappa shape index (κ2) is 6.99. The highest BCUT2D eigenvalue weighted by Crippen LogP contribution is 2.16. The molecule has 104 valence electrons. The molecule has 19 heavy (non-hydrogen) atoms. The van der Waals surface area contributed by atoms with Gasteiger partial charge in [0, 0.05) is 25.6 Å². The molecule has 0 bridgehead atoms. The van der Waals surface area contributed by atoms with E-state index in [9.17, 15) is 4.79 Å². The van der Waals surface area contributed by atoms with Gasteiger partial charge in [-0.05, 0) is 30.7 Å². The zero-order valence-electron chi connectivity index (χ0n) is 11.1. The van der Waals surface area contributed by atoms with Crippen molar-refractivity contribution in [1.82, 2.24) is 10.6 Å². The molecule has 1 fully saturated rings. The van der Waals surface area contributed by atoms with Crippen molar-refractivity contribution in [3.63, 3.8) is 0 Å². The quantitative estimate of drug-likeness (QED) is 0.751. The van der Waals surface area contributed by atoms with Crippen molar-refractivity contribution >= 4 is 5.91 Å². The lowest BCUT2D eigenvalue weighted by molar-refractivity contribution is -0.122. The second-order valence-corrected chi connectivity index (χ2v) is 4.52. The predicted octanol–water partition coefficient (Wildman–Crippen LogP) is 0.942. The highest BCUT2D eigenvalue weighted by Gasteiger charge is 2.16. The van der Waals surface area contributed by atoms with Crippen LogP contribution in [0.15, 0.2) is 24.3 Å². The highest BCUT2D eigenvalue weighted by atomic mass is 16.5. The number of nitrogens with one attached hydrogen (secondary N) is 2. The Kier molecular flexibility index (Phi) is 5.03. The molecule has 0 aliphatic carbocycles. The summed E-state index contributed by atoms with van der Waals surface area (Å²) in [7, 11) is 1.64. The molecule has 1 unspecified atom stereocenters. The first-order chi connectivity index (χ1) is 9.28. The van der Waals surface area contributed by atoms with E-state index in [4.69, 9.17) is 9.47 Å². The van der Waals surface area contributed by atoms with Crippen molar-refractivity contribution in [2.45, 2.75) is 18.9 Å². The average Bonchev–Trinajstić information content (AvgIpc) is 2.46. The Morgan fingerprint density at radius 3 is 2.68 bits per heavy atom. The van der Waals surface area contributed by atoms with Crippen molar-refractivity contribution in [2.24, 2.45) is 0 Å². The van der Waals surface area contributed by atoms with Gasteiger partial charge in [0.2, 0.25) is 5.91 Å². The van der Waals surface area contributed by atoms with E-state index in [1.54, 1.807) is 7.11 Å². The van der Waals surface area contributed by atoms with E-state index < -0.39 is 0 Å². The fourth-order valence-corrected chi connectivity index (χ4v) is 2.01. The number of amides is 1. The summed E-state index contributed by atoms with van der Waals surface area (Å²) in [5.74, 6) is 1.80. The fourth-order valence-electron chi connectivity index (χ4n) is 2.01. The van der Waals surface area contributed by atoms with E-state index in [1.165, 1.54) is 0 Å². The maximum atomic E-state index is 11.0. The van der Waals surface area contributed by atoms with Gasteiger partial charge in [0.15, 0.2) is 0 Å². The largest absolute Gasteiger partial charge is 0.497 e. The van der Waals surface area contributed by atoms with Crippen LogP contribution in [0.2, 0.25) is 0 Å². The third-order valence-electron chi connectivity index (χ3n) is 3.13. The SMILES string of the molecule is COc1ccc(OCCNC2CCC(=O)NC2)cc1. The number of carbonyl (C=O) groups is 1. The summed E-state index contributed by atoms with van der Waals surface area (Å²) >= 11 is 0. The van der Waals surface area contributed by atoms with E-state index in [0.717, 1.165) is 24.5 Å². The molecule has 1 aliphatic heterocycles. The van der Waals surface area contributed by atoms with Crippen LogP contribution in [0.25, 0.3) is 0 Å². The molecule has 1 amide bonds. The monoisotopic (exact) mass is 264 g/mol. The van der Waals surface area contributed by atoms with Crippen LogP contribution in [0, 0.1) is 0 Å². The van der Waals surface area contributed by atoms with E-state index in [1.807, 2.05) is 24.3 Å². The molecule has 0 aromatic heterocycles. The molecule has 0 saturated carbocycles. The van der Waals surface area contributed by atoms with Crippen molar-refractivity contribution in [1.29, 1.82) is 0 Å². The smallest absolute Gasteiger partial charge is 0.220 e. The summed E-state index contributed by atoms with van der Waals surface area (Å²) in [5.41, 5.74) is 0. The van der Waals surface area contributed by atoms with Crippen molar-refractivity contribution in [3.8, 4) is 11.5 Å². The number of benzene rings is 1.